The highest BCUT2D eigenvalue weighted by atomic mass is 16.4. The van der Waals surface area contributed by atoms with Crippen LogP contribution in [-0.4, -0.2) is 13.1 Å². The molecule has 0 bridgehead atoms. The van der Waals surface area contributed by atoms with Crippen LogP contribution in [0.25, 0.3) is 11.0 Å². The summed E-state index contributed by atoms with van der Waals surface area (Å²) in [5, 5.41) is 0.968. The second-order valence-corrected chi connectivity index (χ2v) is 5.57. The summed E-state index contributed by atoms with van der Waals surface area (Å²) in [6.07, 6.45) is 9.75. The predicted molar refractivity (Wildman–Crippen MR) is 79.3 cm³/mol. The first kappa shape index (κ1) is 11.6. The Morgan fingerprint density at radius 1 is 1.20 bits per heavy atom. The fraction of sp³-hybridized carbons (Fsp3) is 0.353. The molecule has 0 amide bonds. The molecule has 100 valence electrons. The van der Waals surface area contributed by atoms with Crippen LogP contribution in [0.4, 0.5) is 5.69 Å². The van der Waals surface area contributed by atoms with E-state index in [0.717, 1.165) is 43.3 Å². The molecule has 0 fully saturated rings. The van der Waals surface area contributed by atoms with E-state index in [4.69, 9.17) is 10.8 Å². The van der Waals surface area contributed by atoms with Crippen molar-refractivity contribution in [2.45, 2.75) is 25.7 Å². The second kappa shape index (κ2) is 4.14. The van der Waals surface area contributed by atoms with Gasteiger partial charge in [-0.05, 0) is 43.4 Å². The van der Waals surface area contributed by atoms with Gasteiger partial charge in [-0.1, -0.05) is 5.92 Å². The summed E-state index contributed by atoms with van der Waals surface area (Å²) in [4.78, 5) is 14.3. The molecular formula is C17H15NO2. The van der Waals surface area contributed by atoms with Gasteiger partial charge in [0.2, 0.25) is 0 Å². The predicted octanol–water partition coefficient (Wildman–Crippen LogP) is 2.47. The minimum Gasteiger partial charge on any atom is -0.421 e. The highest BCUT2D eigenvalue weighted by molar-refractivity contribution is 5.89. The van der Waals surface area contributed by atoms with E-state index in [9.17, 15) is 4.79 Å². The third kappa shape index (κ3) is 1.51. The van der Waals surface area contributed by atoms with Crippen molar-refractivity contribution in [3.8, 4) is 12.3 Å². The van der Waals surface area contributed by atoms with E-state index in [1.807, 2.05) is 0 Å². The molecule has 1 aromatic carbocycles. The number of nitrogens with zero attached hydrogens (tertiary/aromatic N) is 1. The largest absolute Gasteiger partial charge is 0.421 e. The molecule has 0 saturated heterocycles. The fourth-order valence-electron chi connectivity index (χ4n) is 3.55. The lowest BCUT2D eigenvalue weighted by molar-refractivity contribution is 0.547. The average molecular weight is 265 g/mol. The zero-order valence-corrected chi connectivity index (χ0v) is 11.2. The van der Waals surface area contributed by atoms with Crippen LogP contribution in [0.2, 0.25) is 0 Å². The minimum absolute atomic E-state index is 0.313. The molecular weight excluding hydrogens is 250 g/mol. The SMILES string of the molecule is C#Cc1cc2cc3c4c(c2oc1=O)CCCN4CCC3. The molecule has 4 rings (SSSR count). The molecule has 3 heteroatoms. The maximum Gasteiger partial charge on any atom is 0.352 e. The second-order valence-electron chi connectivity index (χ2n) is 5.57. The molecule has 2 aliphatic rings. The zero-order chi connectivity index (χ0) is 13.7. The molecule has 20 heavy (non-hydrogen) atoms. The lowest BCUT2D eigenvalue weighted by Crippen LogP contribution is -2.34. The molecule has 0 aliphatic carbocycles. The molecule has 0 spiro atoms. The zero-order valence-electron chi connectivity index (χ0n) is 11.2. The molecule has 3 heterocycles. The average Bonchev–Trinajstić information content (AvgIpc) is 2.48. The van der Waals surface area contributed by atoms with Crippen LogP contribution in [0, 0.1) is 12.3 Å². The molecule has 0 atom stereocenters. The van der Waals surface area contributed by atoms with Crippen molar-refractivity contribution in [3.05, 3.63) is 39.2 Å². The van der Waals surface area contributed by atoms with Crippen molar-refractivity contribution in [1.29, 1.82) is 0 Å². The first-order chi connectivity index (χ1) is 9.78. The van der Waals surface area contributed by atoms with Gasteiger partial charge in [0.15, 0.2) is 0 Å². The van der Waals surface area contributed by atoms with Crippen molar-refractivity contribution in [3.63, 3.8) is 0 Å². The van der Waals surface area contributed by atoms with E-state index in [1.165, 1.54) is 23.2 Å². The molecule has 2 aliphatic heterocycles. The van der Waals surface area contributed by atoms with E-state index in [2.05, 4.69) is 16.9 Å². The van der Waals surface area contributed by atoms with E-state index < -0.39 is 5.63 Å². The quantitative estimate of drug-likeness (QED) is 0.542. The van der Waals surface area contributed by atoms with Crippen LogP contribution < -0.4 is 10.5 Å². The number of benzene rings is 1. The standard InChI is InChI=1S/C17H15NO2/c1-2-11-9-13-10-12-5-3-7-18-8-4-6-14(15(12)18)16(13)20-17(11)19/h1,9-10H,3-8H2. The normalized spacial score (nSPS) is 16.9. The van der Waals surface area contributed by atoms with Gasteiger partial charge >= 0.3 is 5.63 Å². The molecule has 0 radical (unpaired) electrons. The van der Waals surface area contributed by atoms with Crippen molar-refractivity contribution in [2.24, 2.45) is 0 Å². The number of hydrogen-bond acceptors (Lipinski definition) is 3. The summed E-state index contributed by atoms with van der Waals surface area (Å²) in [7, 11) is 0. The van der Waals surface area contributed by atoms with Crippen LogP contribution in [0.5, 0.6) is 0 Å². The Balaban J connectivity index is 2.11. The van der Waals surface area contributed by atoms with Crippen molar-refractivity contribution in [2.75, 3.05) is 18.0 Å². The Hall–Kier alpha value is -2.21. The van der Waals surface area contributed by atoms with Crippen LogP contribution in [0.15, 0.2) is 21.3 Å². The highest BCUT2D eigenvalue weighted by Crippen LogP contribution is 2.39. The fourth-order valence-corrected chi connectivity index (χ4v) is 3.55. The van der Waals surface area contributed by atoms with Crippen molar-refractivity contribution in [1.82, 2.24) is 0 Å². The summed E-state index contributed by atoms with van der Waals surface area (Å²) in [5.74, 6) is 2.41. The molecule has 0 saturated carbocycles. The number of aryl methyl sites for hydroxylation is 2. The van der Waals surface area contributed by atoms with Crippen molar-refractivity contribution < 1.29 is 4.42 Å². The van der Waals surface area contributed by atoms with Gasteiger partial charge in [-0.3, -0.25) is 0 Å². The van der Waals surface area contributed by atoms with Crippen LogP contribution in [0.3, 0.4) is 0 Å². The topological polar surface area (TPSA) is 33.5 Å². The van der Waals surface area contributed by atoms with Gasteiger partial charge in [0, 0.05) is 29.7 Å². The van der Waals surface area contributed by atoms with Gasteiger partial charge in [0.1, 0.15) is 11.1 Å². The lowest BCUT2D eigenvalue weighted by atomic mass is 9.90. The third-order valence-corrected chi connectivity index (χ3v) is 4.37. The van der Waals surface area contributed by atoms with E-state index in [1.54, 1.807) is 6.07 Å². The lowest BCUT2D eigenvalue weighted by Gasteiger charge is -2.37. The maximum absolute atomic E-state index is 11.9. The van der Waals surface area contributed by atoms with Gasteiger partial charge in [-0.2, -0.15) is 0 Å². The molecule has 0 unspecified atom stereocenters. The summed E-state index contributed by atoms with van der Waals surface area (Å²) >= 11 is 0. The number of anilines is 1. The third-order valence-electron chi connectivity index (χ3n) is 4.37. The Kier molecular flexibility index (Phi) is 2.40. The maximum atomic E-state index is 11.9. The van der Waals surface area contributed by atoms with E-state index in [-0.39, 0.29) is 0 Å². The summed E-state index contributed by atoms with van der Waals surface area (Å²) in [6.45, 7) is 2.22. The smallest absolute Gasteiger partial charge is 0.352 e. The molecule has 0 N–H and O–H groups in total. The monoisotopic (exact) mass is 265 g/mol. The molecule has 1 aromatic heterocycles. The van der Waals surface area contributed by atoms with Gasteiger partial charge in [0.05, 0.1) is 0 Å². The Morgan fingerprint density at radius 2 is 2.00 bits per heavy atom. The minimum atomic E-state index is -0.399. The number of rotatable bonds is 0. The van der Waals surface area contributed by atoms with Gasteiger partial charge in [0.25, 0.3) is 0 Å². The number of hydrogen-bond donors (Lipinski definition) is 0. The van der Waals surface area contributed by atoms with Gasteiger partial charge in [-0.15, -0.1) is 6.42 Å². The number of terminal acetylenes is 1. The van der Waals surface area contributed by atoms with Crippen LogP contribution in [-0.2, 0) is 12.8 Å². The molecule has 3 nitrogen and oxygen atoms in total. The van der Waals surface area contributed by atoms with E-state index >= 15 is 0 Å². The van der Waals surface area contributed by atoms with Crippen LogP contribution >= 0.6 is 0 Å². The van der Waals surface area contributed by atoms with Crippen LogP contribution in [0.1, 0.15) is 29.5 Å². The summed E-state index contributed by atoms with van der Waals surface area (Å²) in [5.41, 5.74) is 4.53. The molecule has 2 aromatic rings. The van der Waals surface area contributed by atoms with Gasteiger partial charge in [-0.25, -0.2) is 4.79 Å². The van der Waals surface area contributed by atoms with Gasteiger partial charge < -0.3 is 9.32 Å². The highest BCUT2D eigenvalue weighted by Gasteiger charge is 2.26. The summed E-state index contributed by atoms with van der Waals surface area (Å²) < 4.78 is 5.53. The Morgan fingerprint density at radius 3 is 2.80 bits per heavy atom. The number of fused-ring (bicyclic) bond motifs is 2. The van der Waals surface area contributed by atoms with Crippen molar-refractivity contribution >= 4 is 16.7 Å². The first-order valence-electron chi connectivity index (χ1n) is 7.12. The van der Waals surface area contributed by atoms with E-state index in [0.29, 0.717) is 5.56 Å². The first-order valence-corrected chi connectivity index (χ1v) is 7.12. The summed E-state index contributed by atoms with van der Waals surface area (Å²) in [6, 6.07) is 3.95. The Bertz CT molecular complexity index is 808. The Labute approximate surface area is 117 Å².